The molecule has 0 radical (unpaired) electrons. The maximum atomic E-state index is 9.57. The van der Waals surface area contributed by atoms with Crippen LogP contribution in [0.3, 0.4) is 0 Å². The van der Waals surface area contributed by atoms with Crippen molar-refractivity contribution in [2.24, 2.45) is 0 Å². The predicted molar refractivity (Wildman–Crippen MR) is 81.0 cm³/mol. The summed E-state index contributed by atoms with van der Waals surface area (Å²) in [6, 6.07) is 6.54. The molecular formula is C15H23ClN2O. The number of hydrogen-bond donors (Lipinski definition) is 1. The molecular weight excluding hydrogens is 260 g/mol. The van der Waals surface area contributed by atoms with Gasteiger partial charge in [0.25, 0.3) is 0 Å². The Morgan fingerprint density at radius 2 is 1.95 bits per heavy atom. The van der Waals surface area contributed by atoms with E-state index in [0.717, 1.165) is 29.4 Å². The molecule has 1 atom stereocenters. The van der Waals surface area contributed by atoms with Gasteiger partial charge in [-0.05, 0) is 51.6 Å². The lowest BCUT2D eigenvalue weighted by atomic mass is 10.0. The number of benzene rings is 1. The van der Waals surface area contributed by atoms with Crippen molar-refractivity contribution in [1.82, 2.24) is 4.90 Å². The molecule has 4 heteroatoms. The molecule has 2 rings (SSSR count). The molecule has 1 aromatic carbocycles. The molecule has 1 heterocycles. The van der Waals surface area contributed by atoms with Gasteiger partial charge < -0.3 is 14.9 Å². The van der Waals surface area contributed by atoms with E-state index in [9.17, 15) is 5.11 Å². The van der Waals surface area contributed by atoms with Crippen molar-refractivity contribution >= 4 is 17.3 Å². The van der Waals surface area contributed by atoms with Gasteiger partial charge in [0.15, 0.2) is 0 Å². The molecule has 0 spiro atoms. The molecule has 1 N–H and O–H groups in total. The van der Waals surface area contributed by atoms with Crippen LogP contribution in [-0.4, -0.2) is 43.2 Å². The van der Waals surface area contributed by atoms with Crippen LogP contribution in [0.5, 0.6) is 0 Å². The lowest BCUT2D eigenvalue weighted by Gasteiger charge is -2.37. The van der Waals surface area contributed by atoms with Crippen molar-refractivity contribution in [2.75, 3.05) is 32.1 Å². The third-order valence-electron chi connectivity index (χ3n) is 3.99. The lowest BCUT2D eigenvalue weighted by Crippen LogP contribution is -2.42. The smallest absolute Gasteiger partial charge is 0.0762 e. The molecule has 0 saturated carbocycles. The summed E-state index contributed by atoms with van der Waals surface area (Å²) in [5.41, 5.74) is 1.96. The highest BCUT2D eigenvalue weighted by Crippen LogP contribution is 2.31. The van der Waals surface area contributed by atoms with E-state index < -0.39 is 6.10 Å². The van der Waals surface area contributed by atoms with E-state index in [2.05, 4.69) is 23.9 Å². The summed E-state index contributed by atoms with van der Waals surface area (Å²) in [6.07, 6.45) is 1.87. The van der Waals surface area contributed by atoms with Crippen LogP contribution in [0.1, 0.15) is 31.4 Å². The van der Waals surface area contributed by atoms with Crippen LogP contribution >= 0.6 is 11.6 Å². The minimum atomic E-state index is -0.467. The summed E-state index contributed by atoms with van der Waals surface area (Å²) in [7, 11) is 4.29. The summed E-state index contributed by atoms with van der Waals surface area (Å²) >= 11 is 6.34. The van der Waals surface area contributed by atoms with Gasteiger partial charge in [-0.3, -0.25) is 0 Å². The highest BCUT2D eigenvalue weighted by molar-refractivity contribution is 6.33. The summed E-state index contributed by atoms with van der Waals surface area (Å²) in [4.78, 5) is 4.64. The van der Waals surface area contributed by atoms with Gasteiger partial charge in [-0.25, -0.2) is 0 Å². The number of aliphatic hydroxyl groups is 1. The van der Waals surface area contributed by atoms with Gasteiger partial charge in [-0.15, -0.1) is 0 Å². The number of nitrogens with zero attached hydrogens (tertiary/aromatic N) is 2. The SMILES string of the molecule is C[C@@H](O)c1ccc(N2CCC(N(C)C)CC2)c(Cl)c1. The molecule has 0 amide bonds. The van der Waals surface area contributed by atoms with Gasteiger partial charge >= 0.3 is 0 Å². The van der Waals surface area contributed by atoms with Crippen molar-refractivity contribution in [3.05, 3.63) is 28.8 Å². The first kappa shape index (κ1) is 14.6. The molecule has 0 unspecified atom stereocenters. The Morgan fingerprint density at radius 3 is 2.42 bits per heavy atom. The summed E-state index contributed by atoms with van der Waals surface area (Å²) < 4.78 is 0. The molecule has 0 bridgehead atoms. The largest absolute Gasteiger partial charge is 0.389 e. The minimum absolute atomic E-state index is 0.467. The second-order valence-corrected chi connectivity index (χ2v) is 5.98. The number of halogens is 1. The normalized spacial score (nSPS) is 18.9. The van der Waals surface area contributed by atoms with E-state index in [1.165, 1.54) is 12.8 Å². The molecule has 1 fully saturated rings. The van der Waals surface area contributed by atoms with Gasteiger partial charge in [0, 0.05) is 19.1 Å². The van der Waals surface area contributed by atoms with Gasteiger partial charge in [0.1, 0.15) is 0 Å². The topological polar surface area (TPSA) is 26.7 Å². The summed E-state index contributed by atoms with van der Waals surface area (Å²) in [5.74, 6) is 0. The van der Waals surface area contributed by atoms with Gasteiger partial charge in [0.2, 0.25) is 0 Å². The van der Waals surface area contributed by atoms with Gasteiger partial charge in [0.05, 0.1) is 16.8 Å². The maximum absolute atomic E-state index is 9.57. The molecule has 19 heavy (non-hydrogen) atoms. The third kappa shape index (κ3) is 3.41. The van der Waals surface area contributed by atoms with Crippen LogP contribution in [0.4, 0.5) is 5.69 Å². The van der Waals surface area contributed by atoms with Crippen molar-refractivity contribution in [3.63, 3.8) is 0 Å². The first-order chi connectivity index (χ1) is 8.99. The van der Waals surface area contributed by atoms with Crippen molar-refractivity contribution in [1.29, 1.82) is 0 Å². The first-order valence-corrected chi connectivity index (χ1v) is 7.25. The summed E-state index contributed by atoms with van der Waals surface area (Å²) in [5, 5.41) is 10.3. The van der Waals surface area contributed by atoms with E-state index in [-0.39, 0.29) is 0 Å². The molecule has 0 aliphatic carbocycles. The van der Waals surface area contributed by atoms with E-state index in [0.29, 0.717) is 6.04 Å². The average molecular weight is 283 g/mol. The van der Waals surface area contributed by atoms with Crippen LogP contribution in [0.15, 0.2) is 18.2 Å². The number of rotatable bonds is 3. The average Bonchev–Trinajstić information content (AvgIpc) is 2.38. The Bertz CT molecular complexity index is 426. The third-order valence-corrected chi connectivity index (χ3v) is 4.29. The van der Waals surface area contributed by atoms with Crippen LogP contribution in [0.25, 0.3) is 0 Å². The monoisotopic (exact) mass is 282 g/mol. The number of anilines is 1. The second-order valence-electron chi connectivity index (χ2n) is 5.57. The lowest BCUT2D eigenvalue weighted by molar-refractivity contribution is 0.199. The molecule has 0 aromatic heterocycles. The van der Waals surface area contributed by atoms with Crippen molar-refractivity contribution in [2.45, 2.75) is 31.9 Å². The summed E-state index contributed by atoms with van der Waals surface area (Å²) in [6.45, 7) is 3.83. The highest BCUT2D eigenvalue weighted by atomic mass is 35.5. The number of aliphatic hydroxyl groups excluding tert-OH is 1. The quantitative estimate of drug-likeness (QED) is 0.923. The second kappa shape index (κ2) is 6.12. The fourth-order valence-corrected chi connectivity index (χ4v) is 2.97. The fraction of sp³-hybridized carbons (Fsp3) is 0.600. The van der Waals surface area contributed by atoms with Crippen LogP contribution in [0.2, 0.25) is 5.02 Å². The van der Waals surface area contributed by atoms with Gasteiger partial charge in [-0.2, -0.15) is 0 Å². The van der Waals surface area contributed by atoms with Crippen LogP contribution < -0.4 is 4.90 Å². The van der Waals surface area contributed by atoms with Crippen LogP contribution in [0, 0.1) is 0 Å². The zero-order chi connectivity index (χ0) is 14.0. The number of piperidine rings is 1. The Morgan fingerprint density at radius 1 is 1.32 bits per heavy atom. The Balaban J connectivity index is 2.07. The van der Waals surface area contributed by atoms with Gasteiger partial charge in [-0.1, -0.05) is 17.7 Å². The Hall–Kier alpha value is -0.770. The Kier molecular flexibility index (Phi) is 4.71. The molecule has 106 valence electrons. The van der Waals surface area contributed by atoms with Crippen molar-refractivity contribution in [3.8, 4) is 0 Å². The van der Waals surface area contributed by atoms with E-state index >= 15 is 0 Å². The number of hydrogen-bond acceptors (Lipinski definition) is 3. The highest BCUT2D eigenvalue weighted by Gasteiger charge is 2.22. The Labute approximate surface area is 120 Å². The maximum Gasteiger partial charge on any atom is 0.0762 e. The molecule has 1 aromatic rings. The van der Waals surface area contributed by atoms with E-state index in [1.807, 2.05) is 18.2 Å². The zero-order valence-corrected chi connectivity index (χ0v) is 12.7. The molecule has 1 saturated heterocycles. The molecule has 1 aliphatic heterocycles. The zero-order valence-electron chi connectivity index (χ0n) is 11.9. The van der Waals surface area contributed by atoms with E-state index in [4.69, 9.17) is 11.6 Å². The minimum Gasteiger partial charge on any atom is -0.389 e. The van der Waals surface area contributed by atoms with Crippen LogP contribution in [-0.2, 0) is 0 Å². The van der Waals surface area contributed by atoms with E-state index in [1.54, 1.807) is 6.92 Å². The fourth-order valence-electron chi connectivity index (χ4n) is 2.66. The standard InChI is InChI=1S/C15H23ClN2O/c1-11(19)12-4-5-15(14(16)10-12)18-8-6-13(7-9-18)17(2)3/h4-5,10-11,13,19H,6-9H2,1-3H3/t11-/m1/s1. The van der Waals surface area contributed by atoms with Crippen molar-refractivity contribution < 1.29 is 5.11 Å². The molecule has 1 aliphatic rings. The predicted octanol–water partition coefficient (Wildman–Crippen LogP) is 2.92. The molecule has 3 nitrogen and oxygen atoms in total. The first-order valence-electron chi connectivity index (χ1n) is 6.88.